The van der Waals surface area contributed by atoms with Crippen molar-refractivity contribution >= 4 is 48.4 Å². The summed E-state index contributed by atoms with van der Waals surface area (Å²) in [6.07, 6.45) is 0.528. The van der Waals surface area contributed by atoms with Gasteiger partial charge in [-0.1, -0.05) is 36.4 Å². The van der Waals surface area contributed by atoms with Crippen LogP contribution in [0.5, 0.6) is 0 Å². The molecular weight excluding hydrogens is 424 g/mol. The SMILES string of the molecule is O=S(=O)(NCCc1csc2nc(-c3cccs3)nn12)c1ccc2ccccc2c1. The molecule has 0 unspecified atom stereocenters. The predicted molar refractivity (Wildman–Crippen MR) is 117 cm³/mol. The van der Waals surface area contributed by atoms with E-state index in [-0.39, 0.29) is 11.4 Å². The van der Waals surface area contributed by atoms with Gasteiger partial charge in [0.1, 0.15) is 0 Å². The van der Waals surface area contributed by atoms with Crippen LogP contribution >= 0.6 is 22.7 Å². The first-order chi connectivity index (χ1) is 14.1. The minimum absolute atomic E-state index is 0.271. The Hall–Kier alpha value is -2.59. The van der Waals surface area contributed by atoms with Crippen molar-refractivity contribution in [2.24, 2.45) is 0 Å². The van der Waals surface area contributed by atoms with Crippen LogP contribution in [0.1, 0.15) is 5.69 Å². The van der Waals surface area contributed by atoms with Crippen LogP contribution in [0.4, 0.5) is 0 Å². The average molecular weight is 441 g/mol. The molecule has 0 amide bonds. The van der Waals surface area contributed by atoms with Gasteiger partial charge in [-0.3, -0.25) is 0 Å². The van der Waals surface area contributed by atoms with Crippen LogP contribution in [0.15, 0.2) is 70.3 Å². The number of nitrogens with zero attached hydrogens (tertiary/aromatic N) is 3. The summed E-state index contributed by atoms with van der Waals surface area (Å²) in [6, 6.07) is 16.8. The van der Waals surface area contributed by atoms with Gasteiger partial charge in [0.05, 0.1) is 15.5 Å². The predicted octanol–water partition coefficient (Wildman–Crippen LogP) is 4.19. The molecule has 146 valence electrons. The molecule has 1 N–H and O–H groups in total. The van der Waals surface area contributed by atoms with E-state index in [4.69, 9.17) is 0 Å². The summed E-state index contributed by atoms with van der Waals surface area (Å²) in [5.74, 6) is 0.699. The second-order valence-electron chi connectivity index (χ2n) is 6.49. The van der Waals surface area contributed by atoms with Crippen molar-refractivity contribution < 1.29 is 8.42 Å². The first-order valence-corrected chi connectivity index (χ1v) is 12.2. The van der Waals surface area contributed by atoms with Gasteiger partial charge >= 0.3 is 0 Å². The lowest BCUT2D eigenvalue weighted by Gasteiger charge is -2.07. The lowest BCUT2D eigenvalue weighted by atomic mass is 10.1. The first kappa shape index (κ1) is 18.4. The molecule has 6 nitrogen and oxygen atoms in total. The van der Waals surface area contributed by atoms with E-state index in [0.717, 1.165) is 26.3 Å². The van der Waals surface area contributed by atoms with Gasteiger partial charge in [-0.2, -0.15) is 4.98 Å². The summed E-state index contributed by atoms with van der Waals surface area (Å²) in [5.41, 5.74) is 0.932. The second-order valence-corrected chi connectivity index (χ2v) is 10.0. The highest BCUT2D eigenvalue weighted by Crippen LogP contribution is 2.24. The number of aromatic nitrogens is 3. The Bertz CT molecular complexity index is 1400. The number of benzene rings is 2. The van der Waals surface area contributed by atoms with Gasteiger partial charge in [0.15, 0.2) is 5.82 Å². The van der Waals surface area contributed by atoms with E-state index >= 15 is 0 Å². The van der Waals surface area contributed by atoms with Crippen molar-refractivity contribution in [3.05, 3.63) is 71.1 Å². The van der Waals surface area contributed by atoms with Crippen LogP contribution in [0.2, 0.25) is 0 Å². The number of sulfonamides is 1. The molecule has 2 aromatic carbocycles. The maximum atomic E-state index is 12.7. The smallest absolute Gasteiger partial charge is 0.211 e. The molecule has 0 spiro atoms. The summed E-state index contributed by atoms with van der Waals surface area (Å²) >= 11 is 3.10. The monoisotopic (exact) mass is 440 g/mol. The molecule has 9 heteroatoms. The second kappa shape index (κ2) is 7.34. The quantitative estimate of drug-likeness (QED) is 0.429. The summed E-state index contributed by atoms with van der Waals surface area (Å²) < 4.78 is 29.9. The van der Waals surface area contributed by atoms with Crippen LogP contribution in [0.3, 0.4) is 0 Å². The van der Waals surface area contributed by atoms with E-state index < -0.39 is 10.0 Å². The average Bonchev–Trinajstić information content (AvgIpc) is 3.45. The Kier molecular flexibility index (Phi) is 4.67. The van der Waals surface area contributed by atoms with Crippen LogP contribution in [0, 0.1) is 0 Å². The van der Waals surface area contributed by atoms with Crippen molar-refractivity contribution in [1.82, 2.24) is 19.3 Å². The molecule has 0 aliphatic heterocycles. The first-order valence-electron chi connectivity index (χ1n) is 8.96. The molecule has 0 atom stereocenters. The van der Waals surface area contributed by atoms with Crippen molar-refractivity contribution in [3.63, 3.8) is 0 Å². The Morgan fingerprint density at radius 2 is 1.86 bits per heavy atom. The minimum Gasteiger partial charge on any atom is -0.211 e. The number of thiophene rings is 1. The number of nitrogens with one attached hydrogen (secondary N) is 1. The Balaban J connectivity index is 1.32. The topological polar surface area (TPSA) is 76.4 Å². The van der Waals surface area contributed by atoms with Gasteiger partial charge in [0, 0.05) is 18.3 Å². The fourth-order valence-corrected chi connectivity index (χ4v) is 5.71. The van der Waals surface area contributed by atoms with Gasteiger partial charge in [-0.05, 0) is 34.4 Å². The molecule has 3 aromatic heterocycles. The molecule has 0 aliphatic carbocycles. The molecule has 5 aromatic rings. The summed E-state index contributed by atoms with van der Waals surface area (Å²) in [6.45, 7) is 0.287. The highest BCUT2D eigenvalue weighted by molar-refractivity contribution is 7.89. The van der Waals surface area contributed by atoms with E-state index in [2.05, 4.69) is 14.8 Å². The third-order valence-corrected chi connectivity index (χ3v) is 7.79. The van der Waals surface area contributed by atoms with Crippen LogP contribution in [0.25, 0.3) is 26.4 Å². The van der Waals surface area contributed by atoms with Gasteiger partial charge in [0.25, 0.3) is 0 Å². The molecule has 3 heterocycles. The van der Waals surface area contributed by atoms with E-state index in [1.54, 1.807) is 28.0 Å². The summed E-state index contributed by atoms with van der Waals surface area (Å²) in [7, 11) is -3.58. The standard InChI is InChI=1S/C20H16N4O2S3/c25-29(26,17-8-7-14-4-1-2-5-15(14)12-17)21-10-9-16-13-28-20-22-19(23-24(16)20)18-6-3-11-27-18/h1-8,11-13,21H,9-10H2. The highest BCUT2D eigenvalue weighted by atomic mass is 32.2. The molecule has 0 radical (unpaired) electrons. The van der Waals surface area contributed by atoms with Crippen LogP contribution in [-0.2, 0) is 16.4 Å². The number of hydrogen-bond donors (Lipinski definition) is 1. The zero-order valence-corrected chi connectivity index (χ0v) is 17.6. The van der Waals surface area contributed by atoms with Gasteiger partial charge in [0.2, 0.25) is 15.0 Å². The number of rotatable bonds is 6. The van der Waals surface area contributed by atoms with E-state index in [1.807, 2.05) is 53.2 Å². The number of thiazole rings is 1. The summed E-state index contributed by atoms with van der Waals surface area (Å²) in [5, 5.41) is 10.5. The fraction of sp³-hybridized carbons (Fsp3) is 0.100. The third kappa shape index (κ3) is 3.58. The molecule has 0 fully saturated rings. The van der Waals surface area contributed by atoms with Gasteiger partial charge < -0.3 is 0 Å². The fourth-order valence-electron chi connectivity index (χ4n) is 3.14. The van der Waals surface area contributed by atoms with E-state index in [1.165, 1.54) is 11.3 Å². The van der Waals surface area contributed by atoms with Crippen LogP contribution in [-0.4, -0.2) is 29.6 Å². The zero-order valence-electron chi connectivity index (χ0n) is 15.1. The number of fused-ring (bicyclic) bond motifs is 2. The van der Waals surface area contributed by atoms with Crippen molar-refractivity contribution in [2.45, 2.75) is 11.3 Å². The Labute approximate surface area is 175 Å². The number of hydrogen-bond acceptors (Lipinski definition) is 6. The van der Waals surface area contributed by atoms with Crippen LogP contribution < -0.4 is 4.72 Å². The maximum Gasteiger partial charge on any atom is 0.240 e. The van der Waals surface area contributed by atoms with E-state index in [0.29, 0.717) is 12.2 Å². The molecule has 0 aliphatic rings. The molecule has 0 bridgehead atoms. The largest absolute Gasteiger partial charge is 0.240 e. The van der Waals surface area contributed by atoms with E-state index in [9.17, 15) is 8.42 Å². The Morgan fingerprint density at radius 1 is 1.00 bits per heavy atom. The normalized spacial score (nSPS) is 12.1. The molecule has 29 heavy (non-hydrogen) atoms. The van der Waals surface area contributed by atoms with Crippen molar-refractivity contribution in [2.75, 3.05) is 6.54 Å². The lowest BCUT2D eigenvalue weighted by molar-refractivity contribution is 0.581. The summed E-state index contributed by atoms with van der Waals surface area (Å²) in [4.78, 5) is 6.65. The highest BCUT2D eigenvalue weighted by Gasteiger charge is 2.16. The maximum absolute atomic E-state index is 12.7. The lowest BCUT2D eigenvalue weighted by Crippen LogP contribution is -2.26. The molecule has 0 saturated heterocycles. The van der Waals surface area contributed by atoms with Crippen molar-refractivity contribution in [3.8, 4) is 10.7 Å². The third-order valence-electron chi connectivity index (χ3n) is 4.60. The zero-order chi connectivity index (χ0) is 19.8. The minimum atomic E-state index is -3.58. The van der Waals surface area contributed by atoms with Gasteiger partial charge in [-0.25, -0.2) is 17.7 Å². The van der Waals surface area contributed by atoms with Gasteiger partial charge in [-0.15, -0.1) is 27.8 Å². The molecule has 5 rings (SSSR count). The molecule has 0 saturated carbocycles. The van der Waals surface area contributed by atoms with Crippen molar-refractivity contribution in [1.29, 1.82) is 0 Å². The molecular formula is C20H16N4O2S3. The Morgan fingerprint density at radius 3 is 2.69 bits per heavy atom.